The minimum Gasteiger partial charge on any atom is -0.508 e. The predicted molar refractivity (Wildman–Crippen MR) is 530 cm³/mol. The van der Waals surface area contributed by atoms with Crippen molar-refractivity contribution in [3.8, 4) is 80.4 Å². The van der Waals surface area contributed by atoms with Crippen molar-refractivity contribution in [2.24, 2.45) is 76.2 Å². The van der Waals surface area contributed by atoms with Crippen molar-refractivity contribution in [3.63, 3.8) is 0 Å². The van der Waals surface area contributed by atoms with Gasteiger partial charge in [0.25, 0.3) is 23.6 Å². The van der Waals surface area contributed by atoms with E-state index < -0.39 is 220 Å². The van der Waals surface area contributed by atoms with Crippen LogP contribution in [0.4, 0.5) is 0 Å². The summed E-state index contributed by atoms with van der Waals surface area (Å²) in [7, 11) is 6.18. The van der Waals surface area contributed by atoms with Crippen LogP contribution >= 0.6 is 0 Å². The number of rotatable bonds is 18. The van der Waals surface area contributed by atoms with Crippen LogP contribution in [-0.2, 0) is 96.3 Å². The van der Waals surface area contributed by atoms with Gasteiger partial charge in [-0.15, -0.1) is 0 Å². The number of likely N-dealkylation sites (N-methyl/N-ethyl adjacent to an activating group) is 1. The Morgan fingerprint density at radius 1 is 0.426 bits per heavy atom. The first-order chi connectivity index (χ1) is 70.1. The summed E-state index contributed by atoms with van der Waals surface area (Å²) < 4.78 is 11.4. The van der Waals surface area contributed by atoms with Crippen molar-refractivity contribution in [1.29, 1.82) is 0 Å². The third kappa shape index (κ3) is 16.9. The number of primary amides is 4. The number of likely N-dealkylation sites (tertiary alicyclic amines) is 1. The van der Waals surface area contributed by atoms with Crippen molar-refractivity contribution < 1.29 is 149 Å². The molecule has 25 N–H and O–H groups in total. The number of nitrogens with one attached hydrogen (secondary N) is 1. The maximum atomic E-state index is 14.1. The van der Waals surface area contributed by atoms with E-state index in [1.807, 2.05) is 30.3 Å². The average Bonchev–Trinajstić information content (AvgIpc) is 0.706. The molecule has 6 aromatic rings. The zero-order valence-corrected chi connectivity index (χ0v) is 81.7. The van der Waals surface area contributed by atoms with Gasteiger partial charge in [0.1, 0.15) is 103 Å². The number of phenols is 4. The van der Waals surface area contributed by atoms with Crippen LogP contribution in [0.15, 0.2) is 153 Å². The topological polar surface area (TPSA) is 670 Å². The third-order valence-corrected chi connectivity index (χ3v) is 31.6. The number of Topliss-reactive ketones (excluding diaryl/α,β-unsaturated/α-hetero) is 8. The summed E-state index contributed by atoms with van der Waals surface area (Å²) in [4.78, 5) is 158. The van der Waals surface area contributed by atoms with E-state index in [-0.39, 0.29) is 132 Å². The van der Waals surface area contributed by atoms with E-state index in [1.165, 1.54) is 62.5 Å². The fourth-order valence-electron chi connectivity index (χ4n) is 24.6. The number of ketones is 8. The van der Waals surface area contributed by atoms with Crippen LogP contribution in [0, 0.1) is 76.9 Å². The number of nitrogens with two attached hydrogens (primary N) is 4. The molecule has 0 unspecified atom stereocenters. The normalized spacial score (nSPS) is 26.3. The number of carbonyl (C=O) groups is 12. The lowest BCUT2D eigenvalue weighted by atomic mass is 9.57. The van der Waals surface area contributed by atoms with Crippen molar-refractivity contribution in [2.75, 3.05) is 47.9 Å². The number of hydrogen-bond acceptors (Lipinski definition) is 33. The molecule has 19 rings (SSSR count). The van der Waals surface area contributed by atoms with E-state index in [0.29, 0.717) is 88.6 Å². The number of hydrogen-bond donors (Lipinski definition) is 21. The molecule has 37 heteroatoms. The molecule has 0 aromatic heterocycles. The molecule has 1 heterocycles. The third-order valence-electron chi connectivity index (χ3n) is 31.6. The van der Waals surface area contributed by atoms with E-state index in [2.05, 4.69) is 53.8 Å². The fourth-order valence-corrected chi connectivity index (χ4v) is 24.6. The maximum Gasteiger partial charge on any atom is 0.255 e. The Balaban J connectivity index is 0.000000158. The number of phenolic OH excluding ortho intramolecular Hbond substituents is 4. The summed E-state index contributed by atoms with van der Waals surface area (Å²) in [6.45, 7) is 8.57. The molecule has 5 fully saturated rings. The Morgan fingerprint density at radius 2 is 0.764 bits per heavy atom. The van der Waals surface area contributed by atoms with E-state index in [4.69, 9.17) is 32.4 Å². The standard InChI is InChI=1S/C48H45N3O14.C32H34N2O8.C31H34N2O8/c1-51(2)37-27-18-23-17-26-21(12-14-29(53)34(26)39(56)32(23)42(59)48(27,65)44(61)36(40(37)57)46(50)63)10-8-6-4-3-5-7-9-20-11-13-28(52)33-25(20)16-22-15-24-19-30(54)35(45(49)62)43(60)47(24,64)41(58)31(22)38(33)55;1-42-24-8-5-16(15-34-9-3-2-4-10-34)11-20(24)19-6-7-22(35)26-21(19)13-17-12-18-14-23(36)27(31(33)40)30(39)32(18,41)29(38)25(17)28(26)37;1-14(2)12-33-13-15-4-7-23(41-3)19(8-15)18-5-6-21(34)25-20(18)10-16-9-17-11-22(35)26(30(32)39)29(38)31(17,40)28(37)24(16)27(25)36/h11-14,22-24,27,37,52-53,55-56,60-61,64-65H,3-6,15-19H2,1-2H3,(H2,49,62)(H2,50,63);5-8,11,17-18,35,37,39,41H,2-4,9-10,12-15H2,1H3,(H2,33,40);4-8,14,16-17,33-34,36,38,40H,9-13H2,1-3H3,(H2,32,39)/t22-,23+,24+,27+,37+,47+,48+;17-,18+,32+;16-,17+,31+/m111/s1. The Kier molecular flexibility index (Phi) is 27.7. The summed E-state index contributed by atoms with van der Waals surface area (Å²) in [6.07, 6.45) is 5.22. The second-order valence-electron chi connectivity index (χ2n) is 40.9. The number of unbranched alkanes of at least 4 members (excludes halogenated alkanes) is 3. The van der Waals surface area contributed by atoms with Crippen LogP contribution in [-0.4, -0.2) is 238 Å². The highest BCUT2D eigenvalue weighted by atomic mass is 16.5. The second-order valence-corrected chi connectivity index (χ2v) is 40.9. The van der Waals surface area contributed by atoms with E-state index in [9.17, 15) is 139 Å². The quantitative estimate of drug-likeness (QED) is 0.0224. The summed E-state index contributed by atoms with van der Waals surface area (Å²) in [5.74, 6) is -13.4. The van der Waals surface area contributed by atoms with Crippen LogP contribution in [0.2, 0.25) is 0 Å². The summed E-state index contributed by atoms with van der Waals surface area (Å²) in [5, 5.41) is 182. The van der Waals surface area contributed by atoms with Crippen LogP contribution in [0.25, 0.3) is 45.3 Å². The van der Waals surface area contributed by atoms with Gasteiger partial charge in [0, 0.05) is 113 Å². The van der Waals surface area contributed by atoms with Gasteiger partial charge in [-0.05, 0) is 246 Å². The molecule has 148 heavy (non-hydrogen) atoms. The Bertz CT molecular complexity index is 7290. The lowest BCUT2D eigenvalue weighted by Gasteiger charge is -2.50. The second kappa shape index (κ2) is 39.4. The number of aromatic hydroxyl groups is 4. The molecule has 13 atom stereocenters. The van der Waals surface area contributed by atoms with E-state index in [1.54, 1.807) is 38.5 Å². The number of aliphatic hydroxyl groups is 12. The molecule has 0 bridgehead atoms. The van der Waals surface area contributed by atoms with Crippen molar-refractivity contribution in [3.05, 3.63) is 219 Å². The highest BCUT2D eigenvalue weighted by Gasteiger charge is 2.67. The largest absolute Gasteiger partial charge is 0.508 e. The molecule has 772 valence electrons. The zero-order chi connectivity index (χ0) is 107. The van der Waals surface area contributed by atoms with Gasteiger partial charge in [0.2, 0.25) is 23.1 Å². The number of fused-ring (bicyclic) bond motifs is 12. The molecule has 4 amide bonds. The average molecular weight is 2030 g/mol. The van der Waals surface area contributed by atoms with Gasteiger partial charge >= 0.3 is 0 Å². The highest BCUT2D eigenvalue weighted by molar-refractivity contribution is 6.27. The van der Waals surface area contributed by atoms with Crippen LogP contribution in [0.5, 0.6) is 34.5 Å². The first kappa shape index (κ1) is 104. The molecular formula is C111H113N7O30. The molecule has 12 aliphatic carbocycles. The monoisotopic (exact) mass is 2020 g/mol. The molecule has 4 saturated carbocycles. The van der Waals surface area contributed by atoms with Gasteiger partial charge in [0.15, 0.2) is 45.5 Å². The number of methoxy groups -OCH3 is 2. The molecule has 6 aromatic carbocycles. The molecule has 0 radical (unpaired) electrons. The van der Waals surface area contributed by atoms with Gasteiger partial charge in [-0.2, -0.15) is 0 Å². The molecular weight excluding hydrogens is 1910 g/mol. The van der Waals surface area contributed by atoms with Gasteiger partial charge < -0.3 is 119 Å². The number of nitrogens with zero attached hydrogens (tertiary/aromatic N) is 2. The zero-order valence-electron chi connectivity index (χ0n) is 81.7. The predicted octanol–water partition coefficient (Wildman–Crippen LogP) is 7.60. The van der Waals surface area contributed by atoms with Crippen molar-refractivity contribution >= 4 is 92.9 Å². The van der Waals surface area contributed by atoms with Crippen LogP contribution in [0.1, 0.15) is 171 Å². The first-order valence-electron chi connectivity index (χ1n) is 48.8. The van der Waals surface area contributed by atoms with E-state index in [0.717, 1.165) is 54.0 Å². The molecule has 0 spiro atoms. The molecule has 37 nitrogen and oxygen atoms in total. The van der Waals surface area contributed by atoms with Crippen LogP contribution in [0.3, 0.4) is 0 Å². The first-order valence-corrected chi connectivity index (χ1v) is 48.8. The van der Waals surface area contributed by atoms with E-state index >= 15 is 0 Å². The van der Waals surface area contributed by atoms with Gasteiger partial charge in [-0.1, -0.05) is 68.2 Å². The smallest absolute Gasteiger partial charge is 0.255 e. The van der Waals surface area contributed by atoms with Crippen LogP contribution < -0.4 is 37.7 Å². The summed E-state index contributed by atoms with van der Waals surface area (Å²) in [5.41, 5.74) is 14.4. The summed E-state index contributed by atoms with van der Waals surface area (Å²) >= 11 is 0. The van der Waals surface area contributed by atoms with Gasteiger partial charge in [-0.25, -0.2) is 0 Å². The molecule has 13 aliphatic rings. The Morgan fingerprint density at radius 3 is 1.13 bits per heavy atom. The number of aliphatic hydroxyl groups excluding tert-OH is 8. The minimum atomic E-state index is -2.74. The molecule has 1 aliphatic heterocycles. The lowest BCUT2D eigenvalue weighted by molar-refractivity contribution is -0.154. The number of ether oxygens (including phenoxy) is 2. The van der Waals surface area contributed by atoms with Crippen molar-refractivity contribution in [2.45, 2.75) is 171 Å². The minimum absolute atomic E-state index is 0.00761. The number of amides is 4. The SMILES string of the molecule is CN(C)[C@@H]1C(=O)C(C(N)=O)=C(O)[C@@]2(O)C(=O)C3=C(O)c4c(O)ccc(C#CCCCCC#Cc5ccc(O)c6c5C[C@H]5C[C@H]7CC(=O)C(C(N)=O)=C(O)[C@@]7(O)C(=O)C5=C6O)c4C[C@H]3C[C@@H]12.COc1ccc(CN2CCCCC2)cc1-c1ccc(O)c2c1C[C@H]1C[C@H]3CC(=O)C(C(N)=O)=C(O)[C@@]3(O)C(=O)C1=C2O.COc1ccc(CNCC(C)C)cc1-c1ccc(O)c2c1C[C@H]1C[C@H]3CC(=O)C(C(N)=O)=C(O)[C@@]3(O)C(=O)C1=C2O. The number of piperidine rings is 1. The summed E-state index contributed by atoms with van der Waals surface area (Å²) in [6, 6.07) is 22.7. The number of carbonyl (C=O) groups excluding carboxylic acids is 12. The van der Waals surface area contributed by atoms with Crippen molar-refractivity contribution in [1.82, 2.24) is 15.1 Å². The fraction of sp³-hybridized carbons (Fsp3) is 0.387. The molecule has 1 saturated heterocycles. The lowest BCUT2D eigenvalue weighted by Crippen LogP contribution is -2.65. The van der Waals surface area contributed by atoms with Gasteiger partial charge in [-0.3, -0.25) is 67.3 Å². The maximum absolute atomic E-state index is 14.1. The highest BCUT2D eigenvalue weighted by Crippen LogP contribution is 2.60. The number of benzene rings is 6. The van der Waals surface area contributed by atoms with Gasteiger partial charge in [0.05, 0.1) is 42.5 Å². The Labute approximate surface area is 847 Å². The Hall–Kier alpha value is -15.5.